The molecule has 172 valence electrons. The number of hydrogen-bond donors (Lipinski definition) is 0. The summed E-state index contributed by atoms with van der Waals surface area (Å²) in [5.74, 6) is 1.29. The molecule has 0 aromatic rings. The Morgan fingerprint density at radius 1 is 1.00 bits per heavy atom. The van der Waals surface area contributed by atoms with Crippen molar-refractivity contribution in [2.45, 2.75) is 92.3 Å². The van der Waals surface area contributed by atoms with Gasteiger partial charge in [-0.1, -0.05) is 41.5 Å². The minimum atomic E-state index is -0.0371. The number of esters is 1. The zero-order chi connectivity index (χ0) is 22.2. The van der Waals surface area contributed by atoms with E-state index in [-0.39, 0.29) is 17.5 Å². The predicted octanol–water partition coefficient (Wildman–Crippen LogP) is 5.05. The first kappa shape index (κ1) is 22.6. The highest BCUT2D eigenvalue weighted by molar-refractivity contribution is 5.71. The van der Waals surface area contributed by atoms with Gasteiger partial charge in [0.05, 0.1) is 26.8 Å². The Morgan fingerprint density at radius 3 is 2.20 bits per heavy atom. The van der Waals surface area contributed by atoms with Gasteiger partial charge >= 0.3 is 5.97 Å². The van der Waals surface area contributed by atoms with Crippen LogP contribution in [0.15, 0.2) is 0 Å². The molecule has 4 nitrogen and oxygen atoms in total. The second kappa shape index (κ2) is 6.94. The number of likely N-dealkylation sites (N-methyl/N-ethyl adjacent to an activating group) is 1. The van der Waals surface area contributed by atoms with Crippen molar-refractivity contribution < 1.29 is 18.8 Å². The van der Waals surface area contributed by atoms with Crippen LogP contribution in [0.3, 0.4) is 0 Å². The second-order valence-electron chi connectivity index (χ2n) is 13.4. The van der Waals surface area contributed by atoms with E-state index in [1.54, 1.807) is 0 Å². The number of carbonyl (C=O) groups is 1. The quantitative estimate of drug-likeness (QED) is 0.427. The third-order valence-electron chi connectivity index (χ3n) is 11.2. The molecule has 0 radical (unpaired) electrons. The molecule has 4 aliphatic carbocycles. The second-order valence-corrected chi connectivity index (χ2v) is 13.4. The molecule has 0 heterocycles. The lowest BCUT2D eigenvalue weighted by atomic mass is 9.70. The van der Waals surface area contributed by atoms with Crippen LogP contribution >= 0.6 is 0 Å². The van der Waals surface area contributed by atoms with Crippen molar-refractivity contribution in [1.82, 2.24) is 0 Å². The highest BCUT2D eigenvalue weighted by Gasteiger charge is 2.63. The fourth-order valence-electron chi connectivity index (χ4n) is 7.79. The molecule has 4 fully saturated rings. The van der Waals surface area contributed by atoms with Gasteiger partial charge in [0, 0.05) is 5.92 Å². The van der Waals surface area contributed by atoms with Crippen molar-refractivity contribution in [2.24, 2.45) is 33.5 Å². The minimum Gasteiger partial charge on any atom is -0.458 e. The molecule has 0 aromatic carbocycles. The summed E-state index contributed by atoms with van der Waals surface area (Å²) in [6.45, 7) is 16.4. The van der Waals surface area contributed by atoms with E-state index in [0.29, 0.717) is 39.3 Å². The van der Waals surface area contributed by atoms with Crippen LogP contribution in [-0.4, -0.2) is 56.5 Å². The molecule has 4 aliphatic rings. The van der Waals surface area contributed by atoms with Crippen LogP contribution in [0.5, 0.6) is 0 Å². The van der Waals surface area contributed by atoms with Crippen LogP contribution in [0, 0.1) is 33.5 Å². The Bertz CT molecular complexity index is 696. The van der Waals surface area contributed by atoms with Gasteiger partial charge in [-0.25, -0.2) is 4.79 Å². The van der Waals surface area contributed by atoms with Gasteiger partial charge in [-0.05, 0) is 66.1 Å². The van der Waals surface area contributed by atoms with E-state index >= 15 is 0 Å². The van der Waals surface area contributed by atoms with Crippen molar-refractivity contribution in [2.75, 3.05) is 33.8 Å². The fourth-order valence-corrected chi connectivity index (χ4v) is 7.79. The SMILES string of the molecule is CC1(C)[C@H]2CC[C@@]1(C)C[C@H]2OC(=O)C[N+](C)(C)CCO[C@@H]1C[C@@H]2CC[C@]1(C)C2(C)C. The standard InChI is InChI=1S/C26H46NO3/c1-23(2)18-9-12-26(23,6)21(15-18)29-14-13-27(7,8)17-22(28)30-20-16-25(5)11-10-19(20)24(25,3)4/h18-21H,9-17H2,1-8H3/q+1/t18-,19-,20+,21+,25-,26-/m0/s1. The summed E-state index contributed by atoms with van der Waals surface area (Å²) in [5, 5.41) is 0. The van der Waals surface area contributed by atoms with E-state index in [1.807, 2.05) is 0 Å². The highest BCUT2D eigenvalue weighted by atomic mass is 16.5. The molecule has 30 heavy (non-hydrogen) atoms. The normalized spacial score (nSPS) is 43.3. The van der Waals surface area contributed by atoms with E-state index in [1.165, 1.54) is 32.1 Å². The summed E-state index contributed by atoms with van der Waals surface area (Å²) in [4.78, 5) is 12.8. The maximum atomic E-state index is 12.8. The summed E-state index contributed by atoms with van der Waals surface area (Å²) in [6, 6.07) is 0. The lowest BCUT2D eigenvalue weighted by molar-refractivity contribution is -0.883. The van der Waals surface area contributed by atoms with Gasteiger partial charge in [-0.3, -0.25) is 0 Å². The van der Waals surface area contributed by atoms with Gasteiger partial charge in [-0.15, -0.1) is 0 Å². The number of nitrogens with zero attached hydrogens (tertiary/aromatic N) is 1. The summed E-state index contributed by atoms with van der Waals surface area (Å²) < 4.78 is 13.1. The van der Waals surface area contributed by atoms with E-state index in [4.69, 9.17) is 9.47 Å². The zero-order valence-corrected chi connectivity index (χ0v) is 20.8. The number of hydrogen-bond acceptors (Lipinski definition) is 3. The molecule has 6 atom stereocenters. The Hall–Kier alpha value is -0.610. The van der Waals surface area contributed by atoms with Crippen molar-refractivity contribution in [1.29, 1.82) is 0 Å². The molecule has 0 amide bonds. The van der Waals surface area contributed by atoms with Crippen LogP contribution in [0.25, 0.3) is 0 Å². The molecule has 0 spiro atoms. The number of fused-ring (bicyclic) bond motifs is 4. The molecule has 0 saturated heterocycles. The maximum Gasteiger partial charge on any atom is 0.362 e. The Kier molecular flexibility index (Phi) is 5.22. The minimum absolute atomic E-state index is 0.0371. The molecule has 4 rings (SSSR count). The Balaban J connectivity index is 1.25. The molecule has 0 unspecified atom stereocenters. The van der Waals surface area contributed by atoms with E-state index < -0.39 is 0 Å². The molecule has 0 aliphatic heterocycles. The monoisotopic (exact) mass is 420 g/mol. The first-order valence-electron chi connectivity index (χ1n) is 12.4. The third kappa shape index (κ3) is 3.27. The van der Waals surface area contributed by atoms with Gasteiger partial charge in [0.15, 0.2) is 6.54 Å². The summed E-state index contributed by atoms with van der Waals surface area (Å²) in [5.41, 5.74) is 1.29. The van der Waals surface area contributed by atoms with Crippen molar-refractivity contribution >= 4 is 5.97 Å². The lowest BCUT2D eigenvalue weighted by Gasteiger charge is -2.39. The number of quaternary nitrogens is 1. The zero-order valence-electron chi connectivity index (χ0n) is 20.8. The van der Waals surface area contributed by atoms with Gasteiger partial charge in [-0.2, -0.15) is 0 Å². The topological polar surface area (TPSA) is 35.5 Å². The van der Waals surface area contributed by atoms with Gasteiger partial charge in [0.25, 0.3) is 0 Å². The van der Waals surface area contributed by atoms with Gasteiger partial charge < -0.3 is 14.0 Å². The molecular formula is C26H46NO3+. The van der Waals surface area contributed by atoms with Crippen molar-refractivity contribution in [3.05, 3.63) is 0 Å². The van der Waals surface area contributed by atoms with E-state index in [9.17, 15) is 4.79 Å². The molecule has 4 heteroatoms. The molecule has 4 bridgehead atoms. The highest BCUT2D eigenvalue weighted by Crippen LogP contribution is 2.67. The first-order chi connectivity index (χ1) is 13.7. The lowest BCUT2D eigenvalue weighted by Crippen LogP contribution is -2.48. The van der Waals surface area contributed by atoms with Crippen LogP contribution < -0.4 is 0 Å². The average Bonchev–Trinajstić information content (AvgIpc) is 3.11. The molecule has 0 N–H and O–H groups in total. The van der Waals surface area contributed by atoms with Crippen LogP contribution in [0.1, 0.15) is 80.1 Å². The smallest absolute Gasteiger partial charge is 0.362 e. The van der Waals surface area contributed by atoms with Crippen molar-refractivity contribution in [3.8, 4) is 0 Å². The average molecular weight is 421 g/mol. The summed E-state index contributed by atoms with van der Waals surface area (Å²) in [7, 11) is 4.26. The number of ether oxygens (including phenoxy) is 2. The predicted molar refractivity (Wildman–Crippen MR) is 120 cm³/mol. The van der Waals surface area contributed by atoms with Crippen LogP contribution in [-0.2, 0) is 14.3 Å². The van der Waals surface area contributed by atoms with Gasteiger partial charge in [0.1, 0.15) is 12.6 Å². The van der Waals surface area contributed by atoms with Crippen LogP contribution in [0.2, 0.25) is 0 Å². The fraction of sp³-hybridized carbons (Fsp3) is 0.962. The van der Waals surface area contributed by atoms with Crippen molar-refractivity contribution in [3.63, 3.8) is 0 Å². The largest absolute Gasteiger partial charge is 0.458 e. The first-order valence-corrected chi connectivity index (χ1v) is 12.4. The van der Waals surface area contributed by atoms with Crippen LogP contribution in [0.4, 0.5) is 0 Å². The Labute approximate surface area is 184 Å². The number of carbonyl (C=O) groups excluding carboxylic acids is 1. The molecule has 0 aromatic heterocycles. The van der Waals surface area contributed by atoms with E-state index in [0.717, 1.165) is 25.5 Å². The summed E-state index contributed by atoms with van der Waals surface area (Å²) >= 11 is 0. The molecular weight excluding hydrogens is 374 g/mol. The summed E-state index contributed by atoms with van der Waals surface area (Å²) in [6.07, 6.45) is 7.84. The number of rotatable bonds is 7. The third-order valence-corrected chi connectivity index (χ3v) is 11.2. The molecule has 4 saturated carbocycles. The van der Waals surface area contributed by atoms with E-state index in [2.05, 4.69) is 55.6 Å². The Morgan fingerprint density at radius 2 is 1.70 bits per heavy atom. The van der Waals surface area contributed by atoms with Gasteiger partial charge in [0.2, 0.25) is 0 Å². The maximum absolute atomic E-state index is 12.8.